The molecule has 1 fully saturated rings. The molecular formula is C14H20N2O2. The normalized spacial score (nSPS) is 21.4. The summed E-state index contributed by atoms with van der Waals surface area (Å²) in [6, 6.07) is 5.79. The van der Waals surface area contributed by atoms with E-state index in [9.17, 15) is 4.79 Å². The lowest BCUT2D eigenvalue weighted by molar-refractivity contribution is 0.0602. The molecule has 1 aromatic rings. The van der Waals surface area contributed by atoms with Crippen LogP contribution in [0.3, 0.4) is 0 Å². The Balaban J connectivity index is 2.10. The van der Waals surface area contributed by atoms with Crippen LogP contribution in [0.5, 0.6) is 0 Å². The van der Waals surface area contributed by atoms with Crippen molar-refractivity contribution in [2.45, 2.75) is 32.2 Å². The van der Waals surface area contributed by atoms with Gasteiger partial charge in [-0.3, -0.25) is 0 Å². The molecule has 2 rings (SSSR count). The van der Waals surface area contributed by atoms with Gasteiger partial charge >= 0.3 is 5.97 Å². The molecule has 4 heteroatoms. The summed E-state index contributed by atoms with van der Waals surface area (Å²) in [5.41, 5.74) is 7.61. The van der Waals surface area contributed by atoms with Crippen molar-refractivity contribution in [1.29, 1.82) is 0 Å². The molecule has 0 spiro atoms. The maximum atomic E-state index is 11.7. The number of benzene rings is 1. The van der Waals surface area contributed by atoms with Crippen molar-refractivity contribution >= 4 is 17.3 Å². The number of anilines is 2. The van der Waals surface area contributed by atoms with Crippen LogP contribution in [-0.4, -0.2) is 19.1 Å². The first kappa shape index (κ1) is 12.7. The second-order valence-electron chi connectivity index (χ2n) is 4.83. The number of rotatable bonds is 5. The van der Waals surface area contributed by atoms with Crippen molar-refractivity contribution in [3.8, 4) is 0 Å². The lowest BCUT2D eigenvalue weighted by Crippen LogP contribution is -2.11. The molecule has 0 saturated heterocycles. The van der Waals surface area contributed by atoms with Crippen molar-refractivity contribution < 1.29 is 9.53 Å². The Morgan fingerprint density at radius 1 is 1.56 bits per heavy atom. The smallest absolute Gasteiger partial charge is 0.340 e. The molecule has 0 bridgehead atoms. The highest BCUT2D eigenvalue weighted by atomic mass is 16.5. The number of carbonyl (C=O) groups excluding carboxylic acids is 1. The Morgan fingerprint density at radius 3 is 3.00 bits per heavy atom. The zero-order valence-corrected chi connectivity index (χ0v) is 10.9. The number of nitrogens with two attached hydrogens (primary N) is 1. The molecule has 1 aliphatic rings. The van der Waals surface area contributed by atoms with Crippen LogP contribution in [0.2, 0.25) is 0 Å². The highest BCUT2D eigenvalue weighted by Gasteiger charge is 2.36. The number of hydrogen-bond donors (Lipinski definition) is 2. The van der Waals surface area contributed by atoms with Crippen molar-refractivity contribution in [3.63, 3.8) is 0 Å². The average molecular weight is 248 g/mol. The van der Waals surface area contributed by atoms with E-state index in [-0.39, 0.29) is 5.97 Å². The van der Waals surface area contributed by atoms with Gasteiger partial charge in [0.15, 0.2) is 0 Å². The van der Waals surface area contributed by atoms with E-state index in [1.54, 1.807) is 12.1 Å². The zero-order valence-electron chi connectivity index (χ0n) is 10.9. The molecule has 18 heavy (non-hydrogen) atoms. The summed E-state index contributed by atoms with van der Waals surface area (Å²) in [5, 5.41) is 3.41. The molecule has 1 aliphatic carbocycles. The fourth-order valence-corrected chi connectivity index (χ4v) is 2.28. The molecule has 98 valence electrons. The van der Waals surface area contributed by atoms with Crippen molar-refractivity contribution in [2.24, 2.45) is 5.92 Å². The van der Waals surface area contributed by atoms with Gasteiger partial charge in [0.25, 0.3) is 0 Å². The van der Waals surface area contributed by atoms with Crippen molar-refractivity contribution in [2.75, 3.05) is 18.2 Å². The largest absolute Gasteiger partial charge is 0.465 e. The fraction of sp³-hybridized carbons (Fsp3) is 0.500. The van der Waals surface area contributed by atoms with E-state index in [1.165, 1.54) is 26.4 Å². The lowest BCUT2D eigenvalue weighted by atomic mass is 10.1. The number of ether oxygens (including phenoxy) is 1. The Labute approximate surface area is 108 Å². The first-order chi connectivity index (χ1) is 8.65. The Kier molecular flexibility index (Phi) is 3.75. The van der Waals surface area contributed by atoms with Gasteiger partial charge in [0, 0.05) is 17.4 Å². The predicted molar refractivity (Wildman–Crippen MR) is 72.6 cm³/mol. The molecule has 4 nitrogen and oxygen atoms in total. The predicted octanol–water partition coefficient (Wildman–Crippen LogP) is 2.66. The minimum Gasteiger partial charge on any atom is -0.465 e. The van der Waals surface area contributed by atoms with E-state index < -0.39 is 0 Å². The number of hydrogen-bond acceptors (Lipinski definition) is 4. The highest BCUT2D eigenvalue weighted by molar-refractivity contribution is 5.96. The quantitative estimate of drug-likeness (QED) is 0.621. The van der Waals surface area contributed by atoms with E-state index in [4.69, 9.17) is 10.5 Å². The van der Waals surface area contributed by atoms with Crippen LogP contribution in [0.15, 0.2) is 18.2 Å². The van der Waals surface area contributed by atoms with Crippen LogP contribution < -0.4 is 11.1 Å². The van der Waals surface area contributed by atoms with Crippen molar-refractivity contribution in [1.82, 2.24) is 0 Å². The number of esters is 1. The van der Waals surface area contributed by atoms with Crippen LogP contribution in [0, 0.1) is 5.92 Å². The van der Waals surface area contributed by atoms with Gasteiger partial charge in [-0.1, -0.05) is 13.3 Å². The molecular weight excluding hydrogens is 228 g/mol. The van der Waals surface area contributed by atoms with Gasteiger partial charge in [0.1, 0.15) is 0 Å². The van der Waals surface area contributed by atoms with Gasteiger partial charge in [-0.15, -0.1) is 0 Å². The van der Waals surface area contributed by atoms with Gasteiger partial charge in [-0.25, -0.2) is 4.79 Å². The average Bonchev–Trinajstić information content (AvgIpc) is 3.09. The van der Waals surface area contributed by atoms with Gasteiger partial charge in [-0.2, -0.15) is 0 Å². The maximum Gasteiger partial charge on any atom is 0.340 e. The summed E-state index contributed by atoms with van der Waals surface area (Å²) in [4.78, 5) is 11.7. The molecule has 3 N–H and O–H groups in total. The summed E-state index contributed by atoms with van der Waals surface area (Å²) in [6.07, 6.45) is 3.62. The molecule has 2 unspecified atom stereocenters. The minimum atomic E-state index is -0.350. The third-order valence-corrected chi connectivity index (χ3v) is 3.37. The summed E-state index contributed by atoms with van der Waals surface area (Å²) < 4.78 is 4.77. The van der Waals surface area contributed by atoms with E-state index in [0.29, 0.717) is 17.3 Å². The van der Waals surface area contributed by atoms with E-state index >= 15 is 0 Å². The summed E-state index contributed by atoms with van der Waals surface area (Å²) in [5.74, 6) is 0.385. The van der Waals surface area contributed by atoms with E-state index in [1.807, 2.05) is 6.07 Å². The third kappa shape index (κ3) is 2.75. The van der Waals surface area contributed by atoms with Gasteiger partial charge in [0.2, 0.25) is 0 Å². The monoisotopic (exact) mass is 248 g/mol. The second-order valence-corrected chi connectivity index (χ2v) is 4.83. The summed E-state index contributed by atoms with van der Waals surface area (Å²) in [7, 11) is 1.38. The van der Waals surface area contributed by atoms with E-state index in [0.717, 1.165) is 11.6 Å². The Hall–Kier alpha value is -1.71. The van der Waals surface area contributed by atoms with Crippen LogP contribution >= 0.6 is 0 Å². The molecule has 1 saturated carbocycles. The number of carbonyl (C=O) groups is 1. The van der Waals surface area contributed by atoms with Gasteiger partial charge < -0.3 is 15.8 Å². The molecule has 0 amide bonds. The van der Waals surface area contributed by atoms with Gasteiger partial charge in [-0.05, 0) is 37.0 Å². The third-order valence-electron chi connectivity index (χ3n) is 3.37. The van der Waals surface area contributed by atoms with E-state index in [2.05, 4.69) is 12.2 Å². The SMILES string of the molecule is CCCC1CC1Nc1ccc(N)cc1C(=O)OC. The second kappa shape index (κ2) is 5.29. The first-order valence-electron chi connectivity index (χ1n) is 6.40. The Bertz CT molecular complexity index is 445. The first-order valence-corrected chi connectivity index (χ1v) is 6.40. The lowest BCUT2D eigenvalue weighted by Gasteiger charge is -2.11. The van der Waals surface area contributed by atoms with Crippen LogP contribution in [0.1, 0.15) is 36.5 Å². The highest BCUT2D eigenvalue weighted by Crippen LogP contribution is 2.38. The fourth-order valence-electron chi connectivity index (χ4n) is 2.28. The number of nitrogens with one attached hydrogen (secondary N) is 1. The van der Waals surface area contributed by atoms with Crippen molar-refractivity contribution in [3.05, 3.63) is 23.8 Å². The van der Waals surface area contributed by atoms with Gasteiger partial charge in [0.05, 0.1) is 12.7 Å². The number of methoxy groups -OCH3 is 1. The molecule has 0 radical (unpaired) electrons. The molecule has 2 atom stereocenters. The standard InChI is InChI=1S/C14H20N2O2/c1-3-4-9-7-13(9)16-12-6-5-10(15)8-11(12)14(17)18-2/h5-6,8-9,13,16H,3-4,7,15H2,1-2H3. The molecule has 1 aromatic carbocycles. The minimum absolute atomic E-state index is 0.350. The molecule has 0 aliphatic heterocycles. The summed E-state index contributed by atoms with van der Waals surface area (Å²) >= 11 is 0. The Morgan fingerprint density at radius 2 is 2.33 bits per heavy atom. The molecule has 0 aromatic heterocycles. The maximum absolute atomic E-state index is 11.7. The van der Waals surface area contributed by atoms with Crippen LogP contribution in [0.25, 0.3) is 0 Å². The number of nitrogen functional groups attached to an aromatic ring is 1. The van der Waals surface area contributed by atoms with Crippen LogP contribution in [0.4, 0.5) is 11.4 Å². The summed E-state index contributed by atoms with van der Waals surface area (Å²) in [6.45, 7) is 2.19. The molecule has 0 heterocycles. The topological polar surface area (TPSA) is 64.3 Å². The zero-order chi connectivity index (χ0) is 13.1. The van der Waals surface area contributed by atoms with Crippen LogP contribution in [-0.2, 0) is 4.74 Å².